The Kier molecular flexibility index (Phi) is 9.11. The standard InChI is InChI=1S/C29H36ClN7O3/c1-6-24(38)37-11-7-8-20(14-37)35-29-25(28(32)34-16-36(29)4)26(31)19-9-10-23(21(30)12-19)40-15-22-18(3)27(39-5)17(2)13-33-22/h6,9-10,12-13,16,20,29,31,35H,1,7-8,11,14-15,32H2,2-5H3/t20-,29?/m1/s1. The minimum absolute atomic E-state index is 0.0176. The molecule has 1 saturated heterocycles. The third kappa shape index (κ3) is 6.13. The smallest absolute Gasteiger partial charge is 0.246 e. The van der Waals surface area contributed by atoms with Crippen molar-refractivity contribution in [1.29, 1.82) is 5.41 Å². The number of amides is 1. The van der Waals surface area contributed by atoms with E-state index in [0.717, 1.165) is 35.4 Å². The molecule has 1 aromatic carbocycles. The number of hydrogen-bond donors (Lipinski definition) is 3. The number of aryl methyl sites for hydroxylation is 1. The van der Waals surface area contributed by atoms with Crippen molar-refractivity contribution in [2.75, 3.05) is 27.2 Å². The van der Waals surface area contributed by atoms with E-state index < -0.39 is 6.17 Å². The number of piperidine rings is 1. The zero-order valence-electron chi connectivity index (χ0n) is 23.3. The monoisotopic (exact) mass is 565 g/mol. The number of carbonyl (C=O) groups excluding carboxylic acids is 1. The Morgan fingerprint density at radius 1 is 1.38 bits per heavy atom. The van der Waals surface area contributed by atoms with Crippen molar-refractivity contribution in [3.05, 3.63) is 75.9 Å². The predicted octanol–water partition coefficient (Wildman–Crippen LogP) is 3.54. The highest BCUT2D eigenvalue weighted by atomic mass is 35.5. The molecule has 1 amide bonds. The summed E-state index contributed by atoms with van der Waals surface area (Å²) in [6.07, 6.45) is 6.09. The number of methoxy groups -OCH3 is 1. The average molecular weight is 566 g/mol. The number of likely N-dealkylation sites (N-methyl/N-ethyl adjacent to an activating group) is 1. The number of nitrogens with one attached hydrogen (secondary N) is 2. The second-order valence-electron chi connectivity index (χ2n) is 9.96. The van der Waals surface area contributed by atoms with Crippen LogP contribution >= 0.6 is 11.6 Å². The number of hydrogen-bond acceptors (Lipinski definition) is 9. The van der Waals surface area contributed by atoms with Gasteiger partial charge < -0.3 is 25.0 Å². The van der Waals surface area contributed by atoms with Crippen molar-refractivity contribution in [2.24, 2.45) is 10.7 Å². The minimum atomic E-state index is -0.408. The summed E-state index contributed by atoms with van der Waals surface area (Å²) in [5.41, 5.74) is 10.2. The maximum atomic E-state index is 12.2. The number of nitrogens with two attached hydrogens (primary N) is 1. The van der Waals surface area contributed by atoms with Gasteiger partial charge in [-0.3, -0.25) is 20.5 Å². The summed E-state index contributed by atoms with van der Waals surface area (Å²) in [7, 11) is 3.51. The summed E-state index contributed by atoms with van der Waals surface area (Å²) < 4.78 is 11.5. The number of aliphatic imine (C=N–C) groups is 1. The first-order valence-corrected chi connectivity index (χ1v) is 13.5. The minimum Gasteiger partial charge on any atom is -0.496 e. The van der Waals surface area contributed by atoms with E-state index in [1.54, 1.807) is 42.7 Å². The van der Waals surface area contributed by atoms with E-state index in [9.17, 15) is 4.79 Å². The number of halogens is 1. The molecule has 2 aromatic rings. The molecule has 1 aromatic heterocycles. The lowest BCUT2D eigenvalue weighted by molar-refractivity contribution is -0.127. The van der Waals surface area contributed by atoms with Gasteiger partial charge in [0.05, 0.1) is 35.4 Å². The number of aromatic nitrogens is 1. The summed E-state index contributed by atoms with van der Waals surface area (Å²) in [4.78, 5) is 24.6. The van der Waals surface area contributed by atoms with Crippen LogP contribution in [0.15, 0.2) is 53.4 Å². The average Bonchev–Trinajstić information content (AvgIpc) is 2.95. The van der Waals surface area contributed by atoms with Gasteiger partial charge in [-0.05, 0) is 51.0 Å². The summed E-state index contributed by atoms with van der Waals surface area (Å²) in [6.45, 7) is 8.96. The largest absolute Gasteiger partial charge is 0.496 e. The molecule has 0 bridgehead atoms. The highest BCUT2D eigenvalue weighted by Crippen LogP contribution is 2.30. The van der Waals surface area contributed by atoms with Gasteiger partial charge in [0, 0.05) is 49.1 Å². The zero-order chi connectivity index (χ0) is 29.0. The van der Waals surface area contributed by atoms with E-state index in [1.807, 2.05) is 25.8 Å². The van der Waals surface area contributed by atoms with Crippen LogP contribution in [0.4, 0.5) is 0 Å². The lowest BCUT2D eigenvalue weighted by Crippen LogP contribution is -2.56. The third-order valence-corrected chi connectivity index (χ3v) is 7.54. The Hall–Kier alpha value is -3.89. The van der Waals surface area contributed by atoms with Gasteiger partial charge in [0.15, 0.2) is 0 Å². The molecule has 1 unspecified atom stereocenters. The molecule has 2 aliphatic heterocycles. The van der Waals surface area contributed by atoms with Crippen molar-refractivity contribution >= 4 is 29.6 Å². The topological polar surface area (TPSA) is 129 Å². The van der Waals surface area contributed by atoms with Crippen LogP contribution in [0.1, 0.15) is 35.2 Å². The van der Waals surface area contributed by atoms with Crippen LogP contribution in [-0.2, 0) is 11.4 Å². The number of benzene rings is 1. The van der Waals surface area contributed by atoms with Crippen LogP contribution in [0.3, 0.4) is 0 Å². The molecule has 3 heterocycles. The maximum Gasteiger partial charge on any atom is 0.246 e. The molecule has 0 spiro atoms. The van der Waals surface area contributed by atoms with Crippen LogP contribution in [0.2, 0.25) is 5.02 Å². The molecule has 0 saturated carbocycles. The quantitative estimate of drug-likeness (QED) is 0.313. The van der Waals surface area contributed by atoms with Crippen molar-refractivity contribution in [3.8, 4) is 11.5 Å². The van der Waals surface area contributed by atoms with Gasteiger partial charge in [-0.2, -0.15) is 0 Å². The van der Waals surface area contributed by atoms with Crippen LogP contribution in [0.5, 0.6) is 11.5 Å². The molecule has 0 aliphatic carbocycles. The number of ether oxygens (including phenoxy) is 2. The van der Waals surface area contributed by atoms with Gasteiger partial charge >= 0.3 is 0 Å². The maximum absolute atomic E-state index is 12.2. The molecule has 212 valence electrons. The normalized spacial score (nSPS) is 19.0. The van der Waals surface area contributed by atoms with Crippen molar-refractivity contribution in [1.82, 2.24) is 20.1 Å². The number of pyridine rings is 1. The fraction of sp³-hybridized carbons (Fsp3) is 0.379. The molecule has 40 heavy (non-hydrogen) atoms. The van der Waals surface area contributed by atoms with Crippen molar-refractivity contribution < 1.29 is 14.3 Å². The molecule has 2 aliphatic rings. The first-order valence-electron chi connectivity index (χ1n) is 13.1. The van der Waals surface area contributed by atoms with Crippen LogP contribution in [-0.4, -0.2) is 72.2 Å². The molecular weight excluding hydrogens is 530 g/mol. The Bertz CT molecular complexity index is 1370. The van der Waals surface area contributed by atoms with Crippen molar-refractivity contribution in [2.45, 2.75) is 45.5 Å². The van der Waals surface area contributed by atoms with Gasteiger partial charge in [-0.15, -0.1) is 0 Å². The van der Waals surface area contributed by atoms with E-state index in [2.05, 4.69) is 21.9 Å². The van der Waals surface area contributed by atoms with E-state index in [-0.39, 0.29) is 30.1 Å². The van der Waals surface area contributed by atoms with Gasteiger partial charge in [-0.25, -0.2) is 4.99 Å². The van der Waals surface area contributed by atoms with E-state index in [1.165, 1.54) is 6.08 Å². The van der Waals surface area contributed by atoms with Crippen molar-refractivity contribution in [3.63, 3.8) is 0 Å². The highest BCUT2D eigenvalue weighted by Gasteiger charge is 2.32. The third-order valence-electron chi connectivity index (χ3n) is 7.24. The van der Waals surface area contributed by atoms with Crippen LogP contribution in [0, 0.1) is 19.3 Å². The van der Waals surface area contributed by atoms with E-state index in [0.29, 0.717) is 35.0 Å². The van der Waals surface area contributed by atoms with Crippen LogP contribution in [0.25, 0.3) is 0 Å². The Balaban J connectivity index is 1.51. The van der Waals surface area contributed by atoms with Gasteiger partial charge in [0.2, 0.25) is 5.91 Å². The molecule has 4 rings (SSSR count). The van der Waals surface area contributed by atoms with Gasteiger partial charge in [0.1, 0.15) is 30.1 Å². The van der Waals surface area contributed by atoms with Gasteiger partial charge in [-0.1, -0.05) is 18.2 Å². The summed E-state index contributed by atoms with van der Waals surface area (Å²) >= 11 is 6.60. The summed E-state index contributed by atoms with van der Waals surface area (Å²) in [5, 5.41) is 13.0. The number of nitrogens with zero attached hydrogens (tertiary/aromatic N) is 4. The molecule has 2 atom stereocenters. The van der Waals surface area contributed by atoms with E-state index >= 15 is 0 Å². The fourth-order valence-corrected chi connectivity index (χ4v) is 5.29. The lowest BCUT2D eigenvalue weighted by atomic mass is 9.97. The first kappa shape index (κ1) is 29.1. The Labute approximate surface area is 240 Å². The molecule has 1 fully saturated rings. The number of rotatable bonds is 9. The molecule has 10 nitrogen and oxygen atoms in total. The summed E-state index contributed by atoms with van der Waals surface area (Å²) in [5.74, 6) is 1.42. The lowest BCUT2D eigenvalue weighted by Gasteiger charge is -2.39. The number of likely N-dealkylation sites (tertiary alicyclic amines) is 1. The van der Waals surface area contributed by atoms with E-state index in [4.69, 9.17) is 32.2 Å². The van der Waals surface area contributed by atoms with Gasteiger partial charge in [0.25, 0.3) is 0 Å². The molecular formula is C29H36ClN7O3. The first-order chi connectivity index (χ1) is 19.1. The Morgan fingerprint density at radius 3 is 2.85 bits per heavy atom. The molecule has 11 heteroatoms. The SMILES string of the molecule is C=CC(=O)N1CCC[C@@H](NC2C(C(=N)c3ccc(OCc4ncc(C)c(OC)c4C)c(Cl)c3)=C(N)N=CN2C)C1. The van der Waals surface area contributed by atoms with Crippen LogP contribution < -0.4 is 20.5 Å². The summed E-state index contributed by atoms with van der Waals surface area (Å²) in [6, 6.07) is 5.22. The fourth-order valence-electron chi connectivity index (χ4n) is 5.06. The molecule has 4 N–H and O–H groups in total. The molecule has 0 radical (unpaired) electrons. The Morgan fingerprint density at radius 2 is 2.15 bits per heavy atom. The second-order valence-corrected chi connectivity index (χ2v) is 10.4. The predicted molar refractivity (Wildman–Crippen MR) is 157 cm³/mol. The highest BCUT2D eigenvalue weighted by molar-refractivity contribution is 6.32. The zero-order valence-corrected chi connectivity index (χ0v) is 24.1. The number of carbonyl (C=O) groups is 1. The second kappa shape index (κ2) is 12.5.